The second kappa shape index (κ2) is 2.84. The van der Waals surface area contributed by atoms with Gasteiger partial charge in [0.15, 0.2) is 0 Å². The lowest BCUT2D eigenvalue weighted by Gasteiger charge is -2.07. The van der Waals surface area contributed by atoms with E-state index in [0.29, 0.717) is 5.95 Å². The molecular weight excluding hydrogens is 140 g/mol. The van der Waals surface area contributed by atoms with Gasteiger partial charge in [0.05, 0.1) is 0 Å². The molecule has 1 heterocycles. The van der Waals surface area contributed by atoms with E-state index in [1.165, 1.54) is 0 Å². The summed E-state index contributed by atoms with van der Waals surface area (Å²) >= 11 is 0. The number of anilines is 1. The molecule has 1 aromatic heterocycles. The second-order valence-electron chi connectivity index (χ2n) is 2.56. The Morgan fingerprint density at radius 1 is 1.55 bits per heavy atom. The lowest BCUT2D eigenvalue weighted by Crippen LogP contribution is -2.09. The van der Waals surface area contributed by atoms with Crippen LogP contribution in [0.1, 0.15) is 24.2 Å². The van der Waals surface area contributed by atoms with Crippen LogP contribution in [0.2, 0.25) is 0 Å². The average molecular weight is 152 g/mol. The number of aryl methyl sites for hydroxylation is 1. The molecule has 0 aliphatic carbocycles. The van der Waals surface area contributed by atoms with Crippen LogP contribution in [0.3, 0.4) is 0 Å². The van der Waals surface area contributed by atoms with Gasteiger partial charge >= 0.3 is 0 Å². The van der Waals surface area contributed by atoms with Crippen molar-refractivity contribution >= 4 is 5.95 Å². The van der Waals surface area contributed by atoms with Crippen molar-refractivity contribution in [3.05, 3.63) is 17.5 Å². The number of hydrogen-bond acceptors (Lipinski definition) is 4. The summed E-state index contributed by atoms with van der Waals surface area (Å²) < 4.78 is 0. The molecule has 0 spiro atoms. The first-order valence-electron chi connectivity index (χ1n) is 3.46. The van der Waals surface area contributed by atoms with E-state index in [9.17, 15) is 0 Å². The number of aromatic nitrogens is 2. The number of nitrogen functional groups attached to an aromatic ring is 1. The summed E-state index contributed by atoms with van der Waals surface area (Å²) in [6, 6.07) is -0.0319. The first kappa shape index (κ1) is 7.94. The Bertz CT molecular complexity index is 257. The maximum atomic E-state index is 5.64. The summed E-state index contributed by atoms with van der Waals surface area (Å²) in [6.45, 7) is 3.76. The van der Waals surface area contributed by atoms with Gasteiger partial charge in [0.25, 0.3) is 0 Å². The minimum Gasteiger partial charge on any atom is -0.368 e. The van der Waals surface area contributed by atoms with E-state index in [4.69, 9.17) is 11.5 Å². The molecule has 1 unspecified atom stereocenters. The van der Waals surface area contributed by atoms with Gasteiger partial charge in [-0.15, -0.1) is 0 Å². The van der Waals surface area contributed by atoms with E-state index < -0.39 is 0 Å². The fourth-order valence-corrected chi connectivity index (χ4v) is 0.941. The molecule has 1 rings (SSSR count). The molecule has 4 heteroatoms. The largest absolute Gasteiger partial charge is 0.368 e. The molecule has 0 radical (unpaired) electrons. The predicted molar refractivity (Wildman–Crippen MR) is 43.8 cm³/mol. The van der Waals surface area contributed by atoms with Crippen LogP contribution in [0.25, 0.3) is 0 Å². The van der Waals surface area contributed by atoms with Crippen molar-refractivity contribution in [1.82, 2.24) is 9.97 Å². The SMILES string of the molecule is Cc1nc(N)ncc1C(C)N. The van der Waals surface area contributed by atoms with Gasteiger partial charge in [-0.2, -0.15) is 0 Å². The zero-order valence-corrected chi connectivity index (χ0v) is 6.70. The quantitative estimate of drug-likeness (QED) is 0.610. The molecule has 0 aliphatic rings. The van der Waals surface area contributed by atoms with Crippen LogP contribution in [0, 0.1) is 6.92 Å². The summed E-state index contributed by atoms with van der Waals surface area (Å²) in [4.78, 5) is 7.83. The van der Waals surface area contributed by atoms with Gasteiger partial charge in [-0.3, -0.25) is 0 Å². The van der Waals surface area contributed by atoms with E-state index >= 15 is 0 Å². The summed E-state index contributed by atoms with van der Waals surface area (Å²) in [5.74, 6) is 0.298. The first-order chi connectivity index (χ1) is 5.11. The summed E-state index contributed by atoms with van der Waals surface area (Å²) in [5.41, 5.74) is 12.8. The number of rotatable bonds is 1. The summed E-state index contributed by atoms with van der Waals surface area (Å²) in [5, 5.41) is 0. The highest BCUT2D eigenvalue weighted by molar-refractivity contribution is 5.25. The zero-order chi connectivity index (χ0) is 8.43. The molecule has 1 atom stereocenters. The lowest BCUT2D eigenvalue weighted by atomic mass is 10.1. The zero-order valence-electron chi connectivity index (χ0n) is 6.70. The summed E-state index contributed by atoms with van der Waals surface area (Å²) in [7, 11) is 0. The summed E-state index contributed by atoms with van der Waals surface area (Å²) in [6.07, 6.45) is 1.67. The van der Waals surface area contributed by atoms with E-state index in [-0.39, 0.29) is 6.04 Å². The number of hydrogen-bond donors (Lipinski definition) is 2. The molecular formula is C7H12N4. The van der Waals surface area contributed by atoms with Crippen molar-refractivity contribution in [2.45, 2.75) is 19.9 Å². The third kappa shape index (κ3) is 1.65. The predicted octanol–water partition coefficient (Wildman–Crippen LogP) is 0.387. The molecule has 0 saturated carbocycles. The van der Waals surface area contributed by atoms with Crippen molar-refractivity contribution < 1.29 is 0 Å². The fourth-order valence-electron chi connectivity index (χ4n) is 0.941. The standard InChI is InChI=1S/C7H12N4/c1-4(8)6-3-10-7(9)11-5(6)2/h3-4H,8H2,1-2H3,(H2,9,10,11). The maximum absolute atomic E-state index is 5.64. The number of nitrogens with two attached hydrogens (primary N) is 2. The Balaban J connectivity index is 3.09. The van der Waals surface area contributed by atoms with Gasteiger partial charge < -0.3 is 11.5 Å². The molecule has 4 N–H and O–H groups in total. The molecule has 11 heavy (non-hydrogen) atoms. The van der Waals surface area contributed by atoms with Crippen LogP contribution in [0.4, 0.5) is 5.95 Å². The third-order valence-corrected chi connectivity index (χ3v) is 1.53. The monoisotopic (exact) mass is 152 g/mol. The first-order valence-corrected chi connectivity index (χ1v) is 3.46. The van der Waals surface area contributed by atoms with Crippen LogP contribution in [-0.4, -0.2) is 9.97 Å². The normalized spacial score (nSPS) is 13.0. The highest BCUT2D eigenvalue weighted by atomic mass is 15.0. The Labute approximate surface area is 65.6 Å². The second-order valence-corrected chi connectivity index (χ2v) is 2.56. The molecule has 0 aliphatic heterocycles. The molecule has 0 fully saturated rings. The third-order valence-electron chi connectivity index (χ3n) is 1.53. The van der Waals surface area contributed by atoms with Crippen molar-refractivity contribution in [3.63, 3.8) is 0 Å². The average Bonchev–Trinajstić information content (AvgIpc) is 1.85. The Morgan fingerprint density at radius 3 is 2.64 bits per heavy atom. The minimum absolute atomic E-state index is 0.0319. The van der Waals surface area contributed by atoms with E-state index in [1.807, 2.05) is 13.8 Å². The van der Waals surface area contributed by atoms with Crippen LogP contribution in [0.15, 0.2) is 6.20 Å². The van der Waals surface area contributed by atoms with Gasteiger partial charge in [-0.05, 0) is 13.8 Å². The minimum atomic E-state index is -0.0319. The smallest absolute Gasteiger partial charge is 0.220 e. The molecule has 0 bridgehead atoms. The molecule has 0 amide bonds. The van der Waals surface area contributed by atoms with E-state index in [1.54, 1.807) is 6.20 Å². The van der Waals surface area contributed by atoms with Gasteiger partial charge in [0, 0.05) is 23.5 Å². The molecule has 60 valence electrons. The topological polar surface area (TPSA) is 77.8 Å². The Hall–Kier alpha value is -1.16. The fraction of sp³-hybridized carbons (Fsp3) is 0.429. The van der Waals surface area contributed by atoms with Crippen molar-refractivity contribution in [2.24, 2.45) is 5.73 Å². The highest BCUT2D eigenvalue weighted by Crippen LogP contribution is 2.11. The molecule has 1 aromatic rings. The van der Waals surface area contributed by atoms with E-state index in [0.717, 1.165) is 11.3 Å². The van der Waals surface area contributed by atoms with Crippen molar-refractivity contribution in [3.8, 4) is 0 Å². The van der Waals surface area contributed by atoms with Crippen molar-refractivity contribution in [2.75, 3.05) is 5.73 Å². The Kier molecular flexibility index (Phi) is 2.05. The van der Waals surface area contributed by atoms with Crippen molar-refractivity contribution in [1.29, 1.82) is 0 Å². The van der Waals surface area contributed by atoms with Gasteiger partial charge in [-0.25, -0.2) is 9.97 Å². The van der Waals surface area contributed by atoms with Crippen LogP contribution < -0.4 is 11.5 Å². The maximum Gasteiger partial charge on any atom is 0.220 e. The van der Waals surface area contributed by atoms with Gasteiger partial charge in [0.1, 0.15) is 0 Å². The van der Waals surface area contributed by atoms with Crippen LogP contribution >= 0.6 is 0 Å². The number of nitrogens with zero attached hydrogens (tertiary/aromatic N) is 2. The molecule has 0 saturated heterocycles. The van der Waals surface area contributed by atoms with Gasteiger partial charge in [0.2, 0.25) is 5.95 Å². The van der Waals surface area contributed by atoms with Crippen LogP contribution in [0.5, 0.6) is 0 Å². The van der Waals surface area contributed by atoms with Crippen LogP contribution in [-0.2, 0) is 0 Å². The highest BCUT2D eigenvalue weighted by Gasteiger charge is 2.04. The lowest BCUT2D eigenvalue weighted by molar-refractivity contribution is 0.791. The van der Waals surface area contributed by atoms with E-state index in [2.05, 4.69) is 9.97 Å². The Morgan fingerprint density at radius 2 is 2.18 bits per heavy atom. The molecule has 4 nitrogen and oxygen atoms in total. The van der Waals surface area contributed by atoms with Gasteiger partial charge in [-0.1, -0.05) is 0 Å². The molecule has 0 aromatic carbocycles.